The van der Waals surface area contributed by atoms with E-state index in [1.165, 1.54) is 5.56 Å². The largest absolute Gasteiger partial charge is 0.456 e. The van der Waals surface area contributed by atoms with Crippen LogP contribution in [0.5, 0.6) is 11.5 Å². The first-order valence-electron chi connectivity index (χ1n) is 6.76. The number of benzene rings is 2. The number of nitrogens with two attached hydrogens (primary N) is 1. The van der Waals surface area contributed by atoms with Crippen LogP contribution in [0, 0.1) is 6.92 Å². The molecule has 0 fully saturated rings. The van der Waals surface area contributed by atoms with E-state index in [9.17, 15) is 0 Å². The second kappa shape index (κ2) is 6.58. The lowest BCUT2D eigenvalue weighted by molar-refractivity contribution is 0.476. The summed E-state index contributed by atoms with van der Waals surface area (Å²) in [5.41, 5.74) is 8.82. The molecule has 0 spiro atoms. The standard InChI is InChI=1S/C17H18BrNOS/c1-10(2)12-5-4-11(3)15(8-12)20-16-9-13(18)6-7-14(16)17(19)21/h4-10H,1-3H3,(H2,19,21). The minimum Gasteiger partial charge on any atom is -0.456 e. The Kier molecular flexibility index (Phi) is 5.01. The molecule has 0 saturated carbocycles. The molecule has 2 N–H and O–H groups in total. The SMILES string of the molecule is Cc1ccc(C(C)C)cc1Oc1cc(Br)ccc1C(N)=S. The van der Waals surface area contributed by atoms with Gasteiger partial charge in [-0.2, -0.15) is 0 Å². The molecule has 0 aliphatic carbocycles. The van der Waals surface area contributed by atoms with E-state index >= 15 is 0 Å². The normalized spacial score (nSPS) is 10.7. The minimum atomic E-state index is 0.329. The van der Waals surface area contributed by atoms with Gasteiger partial charge in [0.15, 0.2) is 0 Å². The van der Waals surface area contributed by atoms with Crippen molar-refractivity contribution in [1.29, 1.82) is 0 Å². The maximum Gasteiger partial charge on any atom is 0.138 e. The van der Waals surface area contributed by atoms with Gasteiger partial charge >= 0.3 is 0 Å². The molecule has 0 radical (unpaired) electrons. The quantitative estimate of drug-likeness (QED) is 0.747. The van der Waals surface area contributed by atoms with Crippen LogP contribution in [0.1, 0.15) is 36.5 Å². The molecule has 0 aliphatic rings. The van der Waals surface area contributed by atoms with Crippen LogP contribution in [0.4, 0.5) is 0 Å². The van der Waals surface area contributed by atoms with Crippen LogP contribution in [0.15, 0.2) is 40.9 Å². The highest BCUT2D eigenvalue weighted by Crippen LogP contribution is 2.32. The van der Waals surface area contributed by atoms with E-state index in [0.29, 0.717) is 16.7 Å². The van der Waals surface area contributed by atoms with E-state index in [-0.39, 0.29) is 0 Å². The molecule has 0 amide bonds. The summed E-state index contributed by atoms with van der Waals surface area (Å²) in [7, 11) is 0. The van der Waals surface area contributed by atoms with Gasteiger partial charge in [0.25, 0.3) is 0 Å². The summed E-state index contributed by atoms with van der Waals surface area (Å²) in [5, 5.41) is 0. The average Bonchev–Trinajstić information content (AvgIpc) is 2.40. The zero-order valence-corrected chi connectivity index (χ0v) is 14.7. The first-order valence-corrected chi connectivity index (χ1v) is 7.96. The molecule has 21 heavy (non-hydrogen) atoms. The van der Waals surface area contributed by atoms with Gasteiger partial charge in [-0.15, -0.1) is 0 Å². The highest BCUT2D eigenvalue weighted by atomic mass is 79.9. The number of halogens is 1. The highest BCUT2D eigenvalue weighted by Gasteiger charge is 2.11. The molecule has 2 rings (SSSR count). The summed E-state index contributed by atoms with van der Waals surface area (Å²) < 4.78 is 7.00. The first-order chi connectivity index (χ1) is 9.88. The summed E-state index contributed by atoms with van der Waals surface area (Å²) in [6.45, 7) is 6.35. The van der Waals surface area contributed by atoms with Crippen molar-refractivity contribution in [3.63, 3.8) is 0 Å². The van der Waals surface area contributed by atoms with Crippen LogP contribution >= 0.6 is 28.1 Å². The third-order valence-electron chi connectivity index (χ3n) is 3.31. The Morgan fingerprint density at radius 1 is 1.14 bits per heavy atom. The van der Waals surface area contributed by atoms with Crippen LogP contribution in [-0.4, -0.2) is 4.99 Å². The molecule has 110 valence electrons. The Bertz CT molecular complexity index is 682. The summed E-state index contributed by atoms with van der Waals surface area (Å²) in [6, 6.07) is 11.9. The highest BCUT2D eigenvalue weighted by molar-refractivity contribution is 9.10. The Hall–Kier alpha value is -1.39. The van der Waals surface area contributed by atoms with Crippen LogP contribution < -0.4 is 10.5 Å². The van der Waals surface area contributed by atoms with Crippen molar-refractivity contribution >= 4 is 33.1 Å². The molecule has 0 saturated heterocycles. The van der Waals surface area contributed by atoms with Crippen molar-refractivity contribution in [2.24, 2.45) is 5.73 Å². The molecule has 2 nitrogen and oxygen atoms in total. The third kappa shape index (κ3) is 3.83. The number of ether oxygens (including phenoxy) is 1. The van der Waals surface area contributed by atoms with Crippen molar-refractivity contribution in [2.45, 2.75) is 26.7 Å². The van der Waals surface area contributed by atoms with Crippen LogP contribution in [-0.2, 0) is 0 Å². The topological polar surface area (TPSA) is 35.2 Å². The zero-order valence-electron chi connectivity index (χ0n) is 12.3. The minimum absolute atomic E-state index is 0.329. The molecule has 2 aromatic carbocycles. The Balaban J connectivity index is 2.44. The van der Waals surface area contributed by atoms with Gasteiger partial charge < -0.3 is 10.5 Å². The van der Waals surface area contributed by atoms with Crippen LogP contribution in [0.3, 0.4) is 0 Å². The maximum absolute atomic E-state index is 6.08. The maximum atomic E-state index is 6.08. The van der Waals surface area contributed by atoms with Gasteiger partial charge in [0.1, 0.15) is 16.5 Å². The molecule has 0 bridgehead atoms. The zero-order chi connectivity index (χ0) is 15.6. The molecular weight excluding hydrogens is 346 g/mol. The van der Waals surface area contributed by atoms with Gasteiger partial charge in [0.2, 0.25) is 0 Å². The van der Waals surface area contributed by atoms with Gasteiger partial charge in [-0.1, -0.05) is 54.1 Å². The van der Waals surface area contributed by atoms with Gasteiger partial charge in [0.05, 0.1) is 5.56 Å². The van der Waals surface area contributed by atoms with E-state index in [4.69, 9.17) is 22.7 Å². The molecule has 2 aromatic rings. The molecular formula is C17H18BrNOS. The van der Waals surface area contributed by atoms with E-state index in [0.717, 1.165) is 21.3 Å². The van der Waals surface area contributed by atoms with E-state index < -0.39 is 0 Å². The van der Waals surface area contributed by atoms with Crippen molar-refractivity contribution in [1.82, 2.24) is 0 Å². The molecule has 4 heteroatoms. The predicted molar refractivity (Wildman–Crippen MR) is 95.4 cm³/mol. The lowest BCUT2D eigenvalue weighted by Crippen LogP contribution is -2.10. The number of hydrogen-bond donors (Lipinski definition) is 1. The predicted octanol–water partition coefficient (Wildman–Crippen LogP) is 5.31. The van der Waals surface area contributed by atoms with Gasteiger partial charge in [-0.05, 0) is 48.2 Å². The fourth-order valence-corrected chi connectivity index (χ4v) is 2.50. The smallest absolute Gasteiger partial charge is 0.138 e. The van der Waals surface area contributed by atoms with Crippen molar-refractivity contribution < 1.29 is 4.74 Å². The average molecular weight is 364 g/mol. The molecule has 0 unspecified atom stereocenters. The lowest BCUT2D eigenvalue weighted by atomic mass is 10.0. The molecule has 0 heterocycles. The molecule has 0 aromatic heterocycles. The summed E-state index contributed by atoms with van der Waals surface area (Å²) in [5.74, 6) is 1.95. The Labute approximate surface area is 139 Å². The first kappa shape index (κ1) is 16.0. The summed E-state index contributed by atoms with van der Waals surface area (Å²) in [6.07, 6.45) is 0. The van der Waals surface area contributed by atoms with Crippen LogP contribution in [0.25, 0.3) is 0 Å². The second-order valence-corrected chi connectivity index (χ2v) is 6.64. The molecule has 0 aliphatic heterocycles. The second-order valence-electron chi connectivity index (χ2n) is 5.29. The Morgan fingerprint density at radius 3 is 2.48 bits per heavy atom. The number of aryl methyl sites for hydroxylation is 1. The van der Waals surface area contributed by atoms with E-state index in [2.05, 4.69) is 48.0 Å². The van der Waals surface area contributed by atoms with Gasteiger partial charge in [-0.25, -0.2) is 0 Å². The fourth-order valence-electron chi connectivity index (χ4n) is 1.99. The van der Waals surface area contributed by atoms with E-state index in [1.807, 2.05) is 25.1 Å². The van der Waals surface area contributed by atoms with Gasteiger partial charge in [-0.3, -0.25) is 0 Å². The van der Waals surface area contributed by atoms with Crippen molar-refractivity contribution in [2.75, 3.05) is 0 Å². The van der Waals surface area contributed by atoms with Gasteiger partial charge in [0, 0.05) is 4.47 Å². The fraction of sp³-hybridized carbons (Fsp3) is 0.235. The monoisotopic (exact) mass is 363 g/mol. The van der Waals surface area contributed by atoms with Crippen LogP contribution in [0.2, 0.25) is 0 Å². The van der Waals surface area contributed by atoms with Crippen molar-refractivity contribution in [3.05, 3.63) is 57.6 Å². The summed E-state index contributed by atoms with van der Waals surface area (Å²) in [4.78, 5) is 0.329. The number of rotatable bonds is 4. The Morgan fingerprint density at radius 2 is 1.86 bits per heavy atom. The lowest BCUT2D eigenvalue weighted by Gasteiger charge is -2.15. The van der Waals surface area contributed by atoms with Crippen molar-refractivity contribution in [3.8, 4) is 11.5 Å². The summed E-state index contributed by atoms with van der Waals surface area (Å²) >= 11 is 8.54. The molecule has 0 atom stereocenters. The number of thiocarbonyl (C=S) groups is 1. The van der Waals surface area contributed by atoms with E-state index in [1.54, 1.807) is 0 Å². The number of hydrogen-bond acceptors (Lipinski definition) is 2. The third-order valence-corrected chi connectivity index (χ3v) is 4.02.